The molecule has 0 fully saturated rings. The molecule has 0 rings (SSSR count). The van der Waals surface area contributed by atoms with Crippen molar-refractivity contribution in [3.63, 3.8) is 0 Å². The average Bonchev–Trinajstić information content (AvgIpc) is 3.33. The molecule has 0 amide bonds. The van der Waals surface area contributed by atoms with Gasteiger partial charge in [0.1, 0.15) is 13.2 Å². The highest BCUT2D eigenvalue weighted by molar-refractivity contribution is 5.71. The van der Waals surface area contributed by atoms with Gasteiger partial charge in [0.05, 0.1) is 0 Å². The lowest BCUT2D eigenvalue weighted by atomic mass is 10.1. The van der Waals surface area contributed by atoms with Crippen molar-refractivity contribution in [1.29, 1.82) is 0 Å². The van der Waals surface area contributed by atoms with E-state index in [0.29, 0.717) is 19.3 Å². The van der Waals surface area contributed by atoms with Crippen LogP contribution in [0.5, 0.6) is 0 Å². The smallest absolute Gasteiger partial charge is 0.306 e. The molecule has 0 spiro atoms. The normalized spacial score (nSPS) is 12.6. The molecule has 0 aliphatic carbocycles. The SMILES string of the molecule is CC/C=C\C/C=C\C/C=C\C/C=C\CCCCCCCCC(=O)OCC(COC(=O)CCCCCCCCC/C=C\CCCCCC)OC(=O)CCCCCCCCC/C=C\CCCCCC. The minimum atomic E-state index is -0.785. The van der Waals surface area contributed by atoms with Gasteiger partial charge in [-0.3, -0.25) is 14.4 Å². The average molecular weight is 936 g/mol. The summed E-state index contributed by atoms with van der Waals surface area (Å²) in [6, 6.07) is 0. The Labute approximate surface area is 414 Å². The molecule has 0 radical (unpaired) electrons. The fraction of sp³-hybridized carbons (Fsp3) is 0.754. The molecule has 0 N–H and O–H groups in total. The first-order valence-corrected chi connectivity index (χ1v) is 28.4. The number of rotatable bonds is 51. The minimum absolute atomic E-state index is 0.0833. The summed E-state index contributed by atoms with van der Waals surface area (Å²) in [5, 5.41) is 0. The molecular weight excluding hydrogens is 829 g/mol. The third kappa shape index (κ3) is 53.7. The number of hydrogen-bond donors (Lipinski definition) is 0. The van der Waals surface area contributed by atoms with Crippen molar-refractivity contribution in [3.8, 4) is 0 Å². The van der Waals surface area contributed by atoms with Gasteiger partial charge < -0.3 is 14.2 Å². The van der Waals surface area contributed by atoms with Crippen LogP contribution in [0.2, 0.25) is 0 Å². The van der Waals surface area contributed by atoms with Crippen LogP contribution in [0.3, 0.4) is 0 Å². The van der Waals surface area contributed by atoms with Gasteiger partial charge in [0.15, 0.2) is 6.10 Å². The molecule has 0 saturated carbocycles. The molecule has 1 atom stereocenters. The second-order valence-corrected chi connectivity index (χ2v) is 18.8. The van der Waals surface area contributed by atoms with E-state index in [4.69, 9.17) is 14.2 Å². The number of carbonyl (C=O) groups is 3. The second-order valence-electron chi connectivity index (χ2n) is 18.8. The van der Waals surface area contributed by atoms with Gasteiger partial charge in [0, 0.05) is 19.3 Å². The standard InChI is InChI=1S/C61H106O6/c1-4-7-10-13-16-19-22-25-28-29-30-31-34-36-39-42-45-48-51-54-60(63)66-57-58(67-61(64)55-52-49-46-43-40-37-33-27-24-21-18-15-12-9-6-3)56-65-59(62)53-50-47-44-41-38-35-32-26-23-20-17-14-11-8-5-2/h7,10,16,19-21,23-25,28,30-31,58H,4-6,8-9,11-15,17-18,22,26-27,29,32-57H2,1-3H3/b10-7-,19-16-,23-20-,24-21-,28-25-,31-30-. The lowest BCUT2D eigenvalue weighted by Gasteiger charge is -2.18. The predicted molar refractivity (Wildman–Crippen MR) is 288 cm³/mol. The van der Waals surface area contributed by atoms with Crippen molar-refractivity contribution in [1.82, 2.24) is 0 Å². The highest BCUT2D eigenvalue weighted by Gasteiger charge is 2.19. The van der Waals surface area contributed by atoms with Crippen molar-refractivity contribution >= 4 is 17.9 Å². The molecule has 0 bridgehead atoms. The van der Waals surface area contributed by atoms with E-state index in [9.17, 15) is 14.4 Å². The Balaban J connectivity index is 4.40. The zero-order valence-corrected chi connectivity index (χ0v) is 44.2. The van der Waals surface area contributed by atoms with E-state index >= 15 is 0 Å². The van der Waals surface area contributed by atoms with E-state index in [2.05, 4.69) is 93.7 Å². The summed E-state index contributed by atoms with van der Waals surface area (Å²) in [5.41, 5.74) is 0. The fourth-order valence-electron chi connectivity index (χ4n) is 7.89. The summed E-state index contributed by atoms with van der Waals surface area (Å²) < 4.78 is 16.9. The Kier molecular flexibility index (Phi) is 52.8. The molecule has 0 heterocycles. The van der Waals surface area contributed by atoms with Crippen molar-refractivity contribution < 1.29 is 28.6 Å². The summed E-state index contributed by atoms with van der Waals surface area (Å²) in [4.78, 5) is 38.1. The van der Waals surface area contributed by atoms with Crippen LogP contribution >= 0.6 is 0 Å². The maximum atomic E-state index is 12.8. The van der Waals surface area contributed by atoms with Gasteiger partial charge >= 0.3 is 17.9 Å². The largest absolute Gasteiger partial charge is 0.462 e. The minimum Gasteiger partial charge on any atom is -0.462 e. The second kappa shape index (κ2) is 55.4. The van der Waals surface area contributed by atoms with Crippen molar-refractivity contribution in [2.75, 3.05) is 13.2 Å². The zero-order chi connectivity index (χ0) is 48.6. The number of ether oxygens (including phenoxy) is 3. The third-order valence-corrected chi connectivity index (χ3v) is 12.2. The van der Waals surface area contributed by atoms with Gasteiger partial charge in [-0.1, -0.05) is 222 Å². The van der Waals surface area contributed by atoms with E-state index < -0.39 is 6.10 Å². The van der Waals surface area contributed by atoms with E-state index in [1.54, 1.807) is 0 Å². The monoisotopic (exact) mass is 935 g/mol. The van der Waals surface area contributed by atoms with Gasteiger partial charge in [-0.05, 0) is 109 Å². The van der Waals surface area contributed by atoms with Crippen LogP contribution in [-0.2, 0) is 28.6 Å². The van der Waals surface area contributed by atoms with Gasteiger partial charge in [-0.2, -0.15) is 0 Å². The first kappa shape index (κ1) is 63.8. The van der Waals surface area contributed by atoms with E-state index in [1.807, 2.05) is 0 Å². The first-order chi connectivity index (χ1) is 33.0. The van der Waals surface area contributed by atoms with Crippen LogP contribution in [0.15, 0.2) is 72.9 Å². The van der Waals surface area contributed by atoms with Crippen LogP contribution in [0, 0.1) is 0 Å². The Bertz CT molecular complexity index is 1260. The number of carbonyl (C=O) groups excluding carboxylic acids is 3. The highest BCUT2D eigenvalue weighted by atomic mass is 16.6. The summed E-state index contributed by atoms with van der Waals surface area (Å²) in [7, 11) is 0. The quantitative estimate of drug-likeness (QED) is 0.0262. The predicted octanol–water partition coefficient (Wildman–Crippen LogP) is 19.0. The van der Waals surface area contributed by atoms with Crippen LogP contribution in [-0.4, -0.2) is 37.2 Å². The lowest BCUT2D eigenvalue weighted by Crippen LogP contribution is -2.30. The van der Waals surface area contributed by atoms with Crippen molar-refractivity contribution in [2.45, 2.75) is 284 Å². The third-order valence-electron chi connectivity index (χ3n) is 12.2. The van der Waals surface area contributed by atoms with Crippen molar-refractivity contribution in [3.05, 3.63) is 72.9 Å². The molecular formula is C61H106O6. The molecule has 1 unspecified atom stereocenters. The highest BCUT2D eigenvalue weighted by Crippen LogP contribution is 2.15. The molecule has 0 aliphatic heterocycles. The van der Waals surface area contributed by atoms with Gasteiger partial charge in [-0.25, -0.2) is 0 Å². The molecule has 0 aromatic heterocycles. The van der Waals surface area contributed by atoms with E-state index in [-0.39, 0.29) is 31.1 Å². The van der Waals surface area contributed by atoms with Crippen molar-refractivity contribution in [2.24, 2.45) is 0 Å². The molecule has 0 aliphatic rings. The van der Waals surface area contributed by atoms with Gasteiger partial charge in [-0.15, -0.1) is 0 Å². The van der Waals surface area contributed by atoms with Crippen LogP contribution < -0.4 is 0 Å². The number of esters is 3. The van der Waals surface area contributed by atoms with E-state index in [1.165, 1.54) is 148 Å². The molecule has 6 nitrogen and oxygen atoms in total. The summed E-state index contributed by atoms with van der Waals surface area (Å²) in [6.45, 7) is 6.50. The number of hydrogen-bond acceptors (Lipinski definition) is 6. The topological polar surface area (TPSA) is 78.9 Å². The fourth-order valence-corrected chi connectivity index (χ4v) is 7.89. The van der Waals surface area contributed by atoms with Crippen LogP contribution in [0.4, 0.5) is 0 Å². The number of unbranched alkanes of at least 4 members (excludes halogenated alkanes) is 28. The van der Waals surface area contributed by atoms with E-state index in [0.717, 1.165) is 89.9 Å². The maximum absolute atomic E-state index is 12.8. The van der Waals surface area contributed by atoms with Gasteiger partial charge in [0.2, 0.25) is 0 Å². The summed E-state index contributed by atoms with van der Waals surface area (Å²) in [5.74, 6) is -0.899. The Morgan fingerprint density at radius 2 is 0.582 bits per heavy atom. The Hall–Kier alpha value is -3.15. The first-order valence-electron chi connectivity index (χ1n) is 28.4. The van der Waals surface area contributed by atoms with Crippen LogP contribution in [0.1, 0.15) is 278 Å². The molecule has 0 aromatic carbocycles. The molecule has 0 aromatic rings. The van der Waals surface area contributed by atoms with Crippen LogP contribution in [0.25, 0.3) is 0 Å². The summed E-state index contributed by atoms with van der Waals surface area (Å²) >= 11 is 0. The Morgan fingerprint density at radius 3 is 0.925 bits per heavy atom. The maximum Gasteiger partial charge on any atom is 0.306 e. The number of allylic oxidation sites excluding steroid dienone is 12. The molecule has 6 heteroatoms. The molecule has 67 heavy (non-hydrogen) atoms. The van der Waals surface area contributed by atoms with Gasteiger partial charge in [0.25, 0.3) is 0 Å². The summed E-state index contributed by atoms with van der Waals surface area (Å²) in [6.07, 6.45) is 70.2. The lowest BCUT2D eigenvalue weighted by molar-refractivity contribution is -0.167. The molecule has 0 saturated heterocycles. The zero-order valence-electron chi connectivity index (χ0n) is 44.2. The Morgan fingerprint density at radius 1 is 0.313 bits per heavy atom. The molecule has 386 valence electrons.